The molecule has 3 N–H and O–H groups in total. The van der Waals surface area contributed by atoms with E-state index in [-0.39, 0.29) is 35.7 Å². The highest BCUT2D eigenvalue weighted by Crippen LogP contribution is 2.20. The molecule has 1 aliphatic heterocycles. The largest absolute Gasteiger partial charge is 0.353 e. The van der Waals surface area contributed by atoms with E-state index in [1.807, 2.05) is 27.7 Å². The van der Waals surface area contributed by atoms with E-state index in [9.17, 15) is 14.4 Å². The number of carbonyl (C=O) groups is 3. The molecule has 0 radical (unpaired) electrons. The van der Waals surface area contributed by atoms with Crippen molar-refractivity contribution in [2.75, 3.05) is 23.7 Å². The minimum atomic E-state index is -0.167. The number of carbonyl (C=O) groups excluding carboxylic acids is 3. The van der Waals surface area contributed by atoms with Gasteiger partial charge in [-0.15, -0.1) is 0 Å². The predicted molar refractivity (Wildman–Crippen MR) is 111 cm³/mol. The van der Waals surface area contributed by atoms with E-state index in [4.69, 9.17) is 0 Å². The van der Waals surface area contributed by atoms with Crippen molar-refractivity contribution in [3.63, 3.8) is 0 Å². The van der Waals surface area contributed by atoms with Gasteiger partial charge in [-0.1, -0.05) is 20.8 Å². The second kappa shape index (κ2) is 10.1. The van der Waals surface area contributed by atoms with E-state index in [0.29, 0.717) is 37.3 Å². The van der Waals surface area contributed by atoms with E-state index in [2.05, 4.69) is 16.0 Å². The van der Waals surface area contributed by atoms with Crippen molar-refractivity contribution in [1.82, 2.24) is 10.2 Å². The van der Waals surface area contributed by atoms with Crippen molar-refractivity contribution in [1.29, 1.82) is 0 Å². The molecule has 7 nitrogen and oxygen atoms in total. The quantitative estimate of drug-likeness (QED) is 0.697. The maximum Gasteiger partial charge on any atom is 0.321 e. The third kappa shape index (κ3) is 6.25. The highest BCUT2D eigenvalue weighted by Gasteiger charge is 2.27. The monoisotopic (exact) mass is 388 g/mol. The first-order valence-corrected chi connectivity index (χ1v) is 10.1. The summed E-state index contributed by atoms with van der Waals surface area (Å²) in [5.41, 5.74) is 1.37. The topological polar surface area (TPSA) is 90.5 Å². The smallest absolute Gasteiger partial charge is 0.321 e. The summed E-state index contributed by atoms with van der Waals surface area (Å²) in [6, 6.07) is 7.07. The fourth-order valence-corrected chi connectivity index (χ4v) is 2.93. The van der Waals surface area contributed by atoms with Gasteiger partial charge in [-0.2, -0.15) is 0 Å². The minimum Gasteiger partial charge on any atom is -0.353 e. The number of nitrogens with one attached hydrogen (secondary N) is 3. The summed E-state index contributed by atoms with van der Waals surface area (Å²) in [4.78, 5) is 38.1. The second-order valence-electron chi connectivity index (χ2n) is 7.73. The van der Waals surface area contributed by atoms with Gasteiger partial charge in [0.05, 0.1) is 0 Å². The van der Waals surface area contributed by atoms with E-state index in [1.165, 1.54) is 0 Å². The molecule has 4 amide bonds. The van der Waals surface area contributed by atoms with Crippen LogP contribution in [-0.2, 0) is 9.59 Å². The Bertz CT molecular complexity index is 679. The van der Waals surface area contributed by atoms with E-state index < -0.39 is 0 Å². The Morgan fingerprint density at radius 2 is 1.54 bits per heavy atom. The van der Waals surface area contributed by atoms with Crippen LogP contribution >= 0.6 is 0 Å². The summed E-state index contributed by atoms with van der Waals surface area (Å²) >= 11 is 0. The number of nitrogens with zero attached hydrogens (tertiary/aromatic N) is 1. The molecule has 1 aromatic carbocycles. The Morgan fingerprint density at radius 3 is 2.04 bits per heavy atom. The van der Waals surface area contributed by atoms with Crippen LogP contribution < -0.4 is 16.0 Å². The lowest BCUT2D eigenvalue weighted by Crippen LogP contribution is -2.45. The summed E-state index contributed by atoms with van der Waals surface area (Å²) in [5.74, 6) is -0.0676. The van der Waals surface area contributed by atoms with Crippen LogP contribution in [0.3, 0.4) is 0 Å². The van der Waals surface area contributed by atoms with Crippen LogP contribution in [0, 0.1) is 11.8 Å². The summed E-state index contributed by atoms with van der Waals surface area (Å²) in [5, 5.41) is 8.71. The van der Waals surface area contributed by atoms with Crippen LogP contribution in [0.5, 0.6) is 0 Å². The zero-order chi connectivity index (χ0) is 20.7. The number of anilines is 2. The molecule has 1 aliphatic rings. The molecular weight excluding hydrogens is 356 g/mol. The second-order valence-corrected chi connectivity index (χ2v) is 7.73. The molecule has 0 bridgehead atoms. The van der Waals surface area contributed by atoms with E-state index >= 15 is 0 Å². The molecule has 1 fully saturated rings. The molecule has 1 heterocycles. The highest BCUT2D eigenvalue weighted by molar-refractivity contribution is 5.93. The third-order valence-electron chi connectivity index (χ3n) is 5.08. The average Bonchev–Trinajstić information content (AvgIpc) is 2.69. The maximum absolute atomic E-state index is 12.5. The first kappa shape index (κ1) is 21.7. The molecule has 1 saturated heterocycles. The lowest BCUT2D eigenvalue weighted by Gasteiger charge is -2.31. The van der Waals surface area contributed by atoms with Gasteiger partial charge in [-0.25, -0.2) is 4.79 Å². The zero-order valence-electron chi connectivity index (χ0n) is 17.2. The summed E-state index contributed by atoms with van der Waals surface area (Å²) in [6.07, 6.45) is 2.26. The summed E-state index contributed by atoms with van der Waals surface area (Å²) in [6.45, 7) is 8.84. The standard InChI is InChI=1S/C21H32N4O3/c1-5-15(4)22-20(27)16-10-12-25(13-11-16)21(28)24-18-8-6-17(7-9-18)23-19(26)14(2)3/h6-9,14-16H,5,10-13H2,1-4H3,(H,22,27)(H,23,26)(H,24,28). The van der Waals surface area contributed by atoms with Gasteiger partial charge in [0.15, 0.2) is 0 Å². The molecule has 2 rings (SSSR count). The van der Waals surface area contributed by atoms with Crippen molar-refractivity contribution < 1.29 is 14.4 Å². The Kier molecular flexibility index (Phi) is 7.84. The van der Waals surface area contributed by atoms with Gasteiger partial charge in [-0.3, -0.25) is 9.59 Å². The van der Waals surface area contributed by atoms with Crippen molar-refractivity contribution in [2.24, 2.45) is 11.8 Å². The predicted octanol–water partition coefficient (Wildman–Crippen LogP) is 3.44. The molecule has 1 aromatic rings. The van der Waals surface area contributed by atoms with Crippen molar-refractivity contribution in [2.45, 2.75) is 53.0 Å². The van der Waals surface area contributed by atoms with Gasteiger partial charge in [-0.05, 0) is 50.5 Å². The number of benzene rings is 1. The first-order chi connectivity index (χ1) is 13.3. The van der Waals surface area contributed by atoms with E-state index in [0.717, 1.165) is 6.42 Å². The summed E-state index contributed by atoms with van der Waals surface area (Å²) < 4.78 is 0. The number of rotatable bonds is 6. The fraction of sp³-hybridized carbons (Fsp3) is 0.571. The van der Waals surface area contributed by atoms with Crippen LogP contribution in [-0.4, -0.2) is 41.9 Å². The zero-order valence-corrected chi connectivity index (χ0v) is 17.2. The molecule has 1 atom stereocenters. The first-order valence-electron chi connectivity index (χ1n) is 10.1. The highest BCUT2D eigenvalue weighted by atomic mass is 16.2. The van der Waals surface area contributed by atoms with Gasteiger partial charge >= 0.3 is 6.03 Å². The average molecular weight is 389 g/mol. The number of urea groups is 1. The Hall–Kier alpha value is -2.57. The fourth-order valence-electron chi connectivity index (χ4n) is 2.93. The van der Waals surface area contributed by atoms with Gasteiger partial charge < -0.3 is 20.9 Å². The lowest BCUT2D eigenvalue weighted by molar-refractivity contribution is -0.126. The molecule has 1 unspecified atom stereocenters. The van der Waals surface area contributed by atoms with Crippen LogP contribution in [0.4, 0.5) is 16.2 Å². The number of hydrogen-bond acceptors (Lipinski definition) is 3. The van der Waals surface area contributed by atoms with Gasteiger partial charge in [0.1, 0.15) is 0 Å². The molecule has 154 valence electrons. The van der Waals surface area contributed by atoms with Crippen LogP contribution in [0.2, 0.25) is 0 Å². The van der Waals surface area contributed by atoms with Crippen LogP contribution in [0.25, 0.3) is 0 Å². The molecule has 0 spiro atoms. The van der Waals surface area contributed by atoms with Gasteiger partial charge in [0.2, 0.25) is 11.8 Å². The van der Waals surface area contributed by atoms with Crippen molar-refractivity contribution in [3.05, 3.63) is 24.3 Å². The molecule has 0 aromatic heterocycles. The molecule has 28 heavy (non-hydrogen) atoms. The van der Waals surface area contributed by atoms with Crippen LogP contribution in [0.1, 0.15) is 47.0 Å². The van der Waals surface area contributed by atoms with Crippen molar-refractivity contribution >= 4 is 29.2 Å². The molecule has 7 heteroatoms. The number of piperidine rings is 1. The molecular formula is C21H32N4O3. The lowest BCUT2D eigenvalue weighted by atomic mass is 9.95. The third-order valence-corrected chi connectivity index (χ3v) is 5.08. The summed E-state index contributed by atoms with van der Waals surface area (Å²) in [7, 11) is 0. The maximum atomic E-state index is 12.5. The normalized spacial score (nSPS) is 15.8. The number of likely N-dealkylation sites (tertiary alicyclic amines) is 1. The van der Waals surface area contributed by atoms with Gasteiger partial charge in [0, 0.05) is 42.3 Å². The van der Waals surface area contributed by atoms with Crippen molar-refractivity contribution in [3.8, 4) is 0 Å². The number of amides is 4. The molecule has 0 aliphatic carbocycles. The Labute approximate surface area is 167 Å². The Balaban J connectivity index is 1.81. The van der Waals surface area contributed by atoms with Gasteiger partial charge in [0.25, 0.3) is 0 Å². The SMILES string of the molecule is CCC(C)NC(=O)C1CCN(C(=O)Nc2ccc(NC(=O)C(C)C)cc2)CC1. The number of hydrogen-bond donors (Lipinski definition) is 3. The Morgan fingerprint density at radius 1 is 1.00 bits per heavy atom. The van der Waals surface area contributed by atoms with Crippen LogP contribution in [0.15, 0.2) is 24.3 Å². The molecule has 0 saturated carbocycles. The van der Waals surface area contributed by atoms with E-state index in [1.54, 1.807) is 29.2 Å². The minimum absolute atomic E-state index is 0.0260.